The van der Waals surface area contributed by atoms with Gasteiger partial charge in [0, 0.05) is 0 Å². The van der Waals surface area contributed by atoms with E-state index < -0.39 is 0 Å². The molecule has 0 amide bonds. The third kappa shape index (κ3) is 9.00. The normalized spacial score (nSPS) is 16.8. The molecule has 20 heavy (non-hydrogen) atoms. The third-order valence-electron chi connectivity index (χ3n) is 3.71. The highest BCUT2D eigenvalue weighted by molar-refractivity contribution is 7.63. The Morgan fingerprint density at radius 1 is 0.600 bits per heavy atom. The quantitative estimate of drug-likeness (QED) is 0.450. The van der Waals surface area contributed by atoms with Gasteiger partial charge in [0.1, 0.15) is 0 Å². The maximum Gasteiger partial charge on any atom is -0.0179 e. The van der Waals surface area contributed by atoms with Gasteiger partial charge < -0.3 is 0 Å². The van der Waals surface area contributed by atoms with E-state index in [9.17, 15) is 0 Å². The van der Waals surface area contributed by atoms with Crippen LogP contribution in [0.3, 0.4) is 0 Å². The van der Waals surface area contributed by atoms with E-state index in [2.05, 4.69) is 69.2 Å². The minimum Gasteiger partial charge on any atom is -0.101 e. The van der Waals surface area contributed by atoms with E-state index in [1.807, 2.05) is 0 Å². The van der Waals surface area contributed by atoms with E-state index in [0.717, 1.165) is 11.8 Å². The molecule has 0 aliphatic carbocycles. The first-order valence-electron chi connectivity index (χ1n) is 8.34. The highest BCUT2D eigenvalue weighted by Crippen LogP contribution is 2.56. The molecule has 0 bridgehead atoms. The summed E-state index contributed by atoms with van der Waals surface area (Å²) in [6.45, 7) is 24.3. The molecule has 2 atom stereocenters. The summed E-state index contributed by atoms with van der Waals surface area (Å²) in [4.78, 5) is 0. The largest absolute Gasteiger partial charge is 0.101 e. The van der Waals surface area contributed by atoms with Crippen molar-refractivity contribution in [2.75, 3.05) is 24.6 Å². The van der Waals surface area contributed by atoms with E-state index in [-0.39, 0.29) is 15.8 Å². The van der Waals surface area contributed by atoms with Gasteiger partial charge in [0.05, 0.1) is 0 Å². The van der Waals surface area contributed by atoms with Crippen molar-refractivity contribution in [1.82, 2.24) is 0 Å². The van der Waals surface area contributed by atoms with Gasteiger partial charge >= 0.3 is 0 Å². The zero-order valence-corrected chi connectivity index (χ0v) is 17.7. The fourth-order valence-electron chi connectivity index (χ4n) is 2.52. The summed E-state index contributed by atoms with van der Waals surface area (Å²) in [6.07, 6.45) is 5.89. The average Bonchev–Trinajstić information content (AvgIpc) is 2.17. The lowest BCUT2D eigenvalue weighted by atomic mass is 10.2. The molecule has 0 aromatic carbocycles. The minimum atomic E-state index is 0.170. The van der Waals surface area contributed by atoms with Crippen LogP contribution >= 0.6 is 15.8 Å². The van der Waals surface area contributed by atoms with Crippen molar-refractivity contribution in [3.63, 3.8) is 0 Å². The van der Waals surface area contributed by atoms with Crippen LogP contribution < -0.4 is 0 Å². The lowest BCUT2D eigenvalue weighted by Crippen LogP contribution is -2.22. The Hall–Kier alpha value is 0.860. The lowest BCUT2D eigenvalue weighted by Gasteiger charge is -2.38. The molecule has 0 aromatic rings. The van der Waals surface area contributed by atoms with Crippen molar-refractivity contribution in [2.45, 2.75) is 79.5 Å². The van der Waals surface area contributed by atoms with Crippen LogP contribution in [0.25, 0.3) is 0 Å². The molecule has 0 N–H and O–H groups in total. The van der Waals surface area contributed by atoms with Crippen LogP contribution in [-0.2, 0) is 0 Å². The van der Waals surface area contributed by atoms with Crippen LogP contribution in [0.4, 0.5) is 0 Å². The zero-order valence-electron chi connectivity index (χ0n) is 15.9. The highest BCUT2D eigenvalue weighted by Gasteiger charge is 2.29. The molecule has 2 heteroatoms. The molecular weight excluding hydrogens is 278 g/mol. The zero-order chi connectivity index (χ0) is 16.1. The summed E-state index contributed by atoms with van der Waals surface area (Å²) >= 11 is 0. The molecule has 0 heterocycles. The van der Waals surface area contributed by atoms with Crippen LogP contribution in [0.15, 0.2) is 0 Å². The SMILES string of the molecule is CC(C)CP(CCP(CC(C)C)C(C)(C)C)C(C)(C)C. The van der Waals surface area contributed by atoms with Crippen molar-refractivity contribution < 1.29 is 0 Å². The summed E-state index contributed by atoms with van der Waals surface area (Å²) in [6, 6.07) is 0. The van der Waals surface area contributed by atoms with Gasteiger partial charge in [-0.2, -0.15) is 0 Å². The maximum atomic E-state index is 2.46. The second kappa shape index (κ2) is 8.48. The molecule has 0 aliphatic rings. The van der Waals surface area contributed by atoms with Crippen molar-refractivity contribution in [2.24, 2.45) is 11.8 Å². The van der Waals surface area contributed by atoms with Crippen molar-refractivity contribution in [3.8, 4) is 0 Å². The van der Waals surface area contributed by atoms with E-state index in [4.69, 9.17) is 0 Å². The second-order valence-electron chi connectivity index (χ2n) is 9.02. The molecule has 2 unspecified atom stereocenters. The van der Waals surface area contributed by atoms with E-state index in [0.29, 0.717) is 10.3 Å². The van der Waals surface area contributed by atoms with Gasteiger partial charge in [-0.25, -0.2) is 0 Å². The first-order chi connectivity index (χ1) is 8.84. The third-order valence-corrected chi connectivity index (χ3v) is 11.7. The maximum absolute atomic E-state index is 2.46. The molecule has 0 spiro atoms. The van der Waals surface area contributed by atoms with E-state index >= 15 is 0 Å². The topological polar surface area (TPSA) is 0 Å². The molecule has 0 fully saturated rings. The first kappa shape index (κ1) is 20.9. The number of hydrogen-bond acceptors (Lipinski definition) is 0. The van der Waals surface area contributed by atoms with Gasteiger partial charge in [-0.1, -0.05) is 69.2 Å². The molecule has 0 aliphatic heterocycles. The summed E-state index contributed by atoms with van der Waals surface area (Å²) in [5.41, 5.74) is 0. The summed E-state index contributed by atoms with van der Waals surface area (Å²) < 4.78 is 0. The fraction of sp³-hybridized carbons (Fsp3) is 1.00. The van der Waals surface area contributed by atoms with Gasteiger partial charge in [-0.15, -0.1) is 15.8 Å². The Labute approximate surface area is 132 Å². The summed E-state index contributed by atoms with van der Waals surface area (Å²) in [7, 11) is 0.341. The Morgan fingerprint density at radius 3 is 1.00 bits per heavy atom. The van der Waals surface area contributed by atoms with E-state index in [1.54, 1.807) is 0 Å². The highest BCUT2D eigenvalue weighted by atomic mass is 31.1. The van der Waals surface area contributed by atoms with Crippen LogP contribution in [0, 0.1) is 11.8 Å². The molecule has 0 radical (unpaired) electrons. The fourth-order valence-corrected chi connectivity index (χ4v) is 9.02. The smallest absolute Gasteiger partial charge is 0.0179 e. The Balaban J connectivity index is 4.70. The first-order valence-corrected chi connectivity index (χ1v) is 11.8. The van der Waals surface area contributed by atoms with Gasteiger partial charge in [-0.05, 0) is 46.8 Å². The monoisotopic (exact) mass is 318 g/mol. The Morgan fingerprint density at radius 2 is 0.850 bits per heavy atom. The van der Waals surface area contributed by atoms with Gasteiger partial charge in [-0.3, -0.25) is 0 Å². The molecule has 0 nitrogen and oxygen atoms in total. The average molecular weight is 318 g/mol. The molecular formula is C18H40P2. The number of hydrogen-bond donors (Lipinski definition) is 0. The van der Waals surface area contributed by atoms with Crippen molar-refractivity contribution in [1.29, 1.82) is 0 Å². The Bertz CT molecular complexity index is 228. The predicted octanol–water partition coefficient (Wildman–Crippen LogP) is 6.86. The summed E-state index contributed by atoms with van der Waals surface area (Å²) in [5.74, 6) is 1.71. The van der Waals surface area contributed by atoms with Crippen molar-refractivity contribution in [3.05, 3.63) is 0 Å². The molecule has 0 saturated carbocycles. The van der Waals surface area contributed by atoms with Crippen LogP contribution in [0.5, 0.6) is 0 Å². The molecule has 0 saturated heterocycles. The lowest BCUT2D eigenvalue weighted by molar-refractivity contribution is 0.708. The van der Waals surface area contributed by atoms with Crippen molar-refractivity contribution >= 4 is 15.8 Å². The predicted molar refractivity (Wildman–Crippen MR) is 102 cm³/mol. The van der Waals surface area contributed by atoms with Crippen LogP contribution in [0.1, 0.15) is 69.2 Å². The van der Waals surface area contributed by atoms with E-state index in [1.165, 1.54) is 24.6 Å². The van der Waals surface area contributed by atoms with Gasteiger partial charge in [0.2, 0.25) is 0 Å². The molecule has 122 valence electrons. The van der Waals surface area contributed by atoms with Crippen LogP contribution in [0.2, 0.25) is 0 Å². The second-order valence-corrected chi connectivity index (χ2v) is 15.5. The summed E-state index contributed by atoms with van der Waals surface area (Å²) in [5, 5.41) is 1.05. The van der Waals surface area contributed by atoms with Gasteiger partial charge in [0.25, 0.3) is 0 Å². The molecule has 0 aromatic heterocycles. The van der Waals surface area contributed by atoms with Crippen LogP contribution in [-0.4, -0.2) is 35.0 Å². The van der Waals surface area contributed by atoms with Gasteiger partial charge in [0.15, 0.2) is 0 Å². The number of rotatable bonds is 7. The molecule has 0 rings (SSSR count). The standard InChI is InChI=1S/C18H40P2/c1-15(2)13-19(17(5,6)7)11-12-20(14-16(3)4)18(8,9)10/h15-16H,11-14H2,1-10H3. The minimum absolute atomic E-state index is 0.170. The Kier molecular flexibility index (Phi) is 8.85.